The molecule has 5 heteroatoms. The number of nitrogens with one attached hydrogen (secondary N) is 2. The van der Waals surface area contributed by atoms with Gasteiger partial charge in [0.15, 0.2) is 0 Å². The van der Waals surface area contributed by atoms with E-state index in [0.29, 0.717) is 6.54 Å². The van der Waals surface area contributed by atoms with Gasteiger partial charge in [0, 0.05) is 18.5 Å². The Kier molecular flexibility index (Phi) is 4.27. The first-order valence-corrected chi connectivity index (χ1v) is 10.4. The Morgan fingerprint density at radius 2 is 1.81 bits per heavy atom. The second kappa shape index (κ2) is 6.79. The van der Waals surface area contributed by atoms with Crippen LogP contribution in [0.1, 0.15) is 53.8 Å². The zero-order valence-electron chi connectivity index (χ0n) is 15.9. The highest BCUT2D eigenvalue weighted by Gasteiger charge is 2.48. The lowest BCUT2D eigenvalue weighted by atomic mass is 9.89. The van der Waals surface area contributed by atoms with Crippen LogP contribution in [0.2, 0.25) is 0 Å². The maximum absolute atomic E-state index is 13.5. The first kappa shape index (κ1) is 17.0. The van der Waals surface area contributed by atoms with Crippen LogP contribution < -0.4 is 5.32 Å². The van der Waals surface area contributed by atoms with Gasteiger partial charge in [0.05, 0.1) is 12.2 Å². The van der Waals surface area contributed by atoms with Gasteiger partial charge in [-0.25, -0.2) is 0 Å². The maximum Gasteiger partial charge on any atom is 0.241 e. The van der Waals surface area contributed by atoms with E-state index in [1.807, 2.05) is 0 Å². The fourth-order valence-electron chi connectivity index (χ4n) is 5.31. The highest BCUT2D eigenvalue weighted by Crippen LogP contribution is 2.36. The molecule has 2 heterocycles. The number of carbonyl (C=O) groups is 1. The number of amides is 1. The fourth-order valence-corrected chi connectivity index (χ4v) is 5.31. The minimum absolute atomic E-state index is 0.176. The Hall–Kier alpha value is -2.14. The highest BCUT2D eigenvalue weighted by molar-refractivity contribution is 5.88. The molecule has 2 aromatic rings. The molecule has 5 rings (SSSR count). The summed E-state index contributed by atoms with van der Waals surface area (Å²) in [6, 6.07) is 8.57. The third-order valence-electron chi connectivity index (χ3n) is 6.78. The van der Waals surface area contributed by atoms with E-state index in [4.69, 9.17) is 0 Å². The molecule has 0 spiro atoms. The van der Waals surface area contributed by atoms with Crippen LogP contribution >= 0.6 is 0 Å². The molecule has 1 aromatic heterocycles. The van der Waals surface area contributed by atoms with Crippen molar-refractivity contribution in [1.82, 2.24) is 20.4 Å². The quantitative estimate of drug-likeness (QED) is 0.876. The van der Waals surface area contributed by atoms with Gasteiger partial charge < -0.3 is 5.32 Å². The number of aryl methyl sites for hydroxylation is 1. The van der Waals surface area contributed by atoms with Crippen LogP contribution in [0.15, 0.2) is 24.3 Å². The van der Waals surface area contributed by atoms with Crippen LogP contribution in [0.25, 0.3) is 0 Å². The summed E-state index contributed by atoms with van der Waals surface area (Å²) < 4.78 is 0. The van der Waals surface area contributed by atoms with Crippen molar-refractivity contribution >= 4 is 5.91 Å². The minimum atomic E-state index is -0.427. The fraction of sp³-hybridized carbons (Fsp3) is 0.545. The van der Waals surface area contributed by atoms with Gasteiger partial charge in [-0.3, -0.25) is 14.8 Å². The minimum Gasteiger partial charge on any atom is -0.349 e. The number of hydrogen-bond acceptors (Lipinski definition) is 3. The number of carbonyl (C=O) groups excluding carboxylic acids is 1. The summed E-state index contributed by atoms with van der Waals surface area (Å²) in [5, 5.41) is 10.9. The number of fused-ring (bicyclic) bond motifs is 2. The number of nitrogens with zero attached hydrogens (tertiary/aromatic N) is 2. The molecule has 0 unspecified atom stereocenters. The smallest absolute Gasteiger partial charge is 0.241 e. The molecule has 0 saturated carbocycles. The van der Waals surface area contributed by atoms with Crippen molar-refractivity contribution in [2.45, 2.75) is 63.5 Å². The van der Waals surface area contributed by atoms with Crippen LogP contribution in [0.5, 0.6) is 0 Å². The number of aromatic nitrogens is 2. The van der Waals surface area contributed by atoms with Crippen molar-refractivity contribution in [2.24, 2.45) is 0 Å². The molecule has 3 aliphatic rings. The number of hydrogen-bond donors (Lipinski definition) is 2. The van der Waals surface area contributed by atoms with Gasteiger partial charge in [0.25, 0.3) is 0 Å². The van der Waals surface area contributed by atoms with Crippen molar-refractivity contribution < 1.29 is 4.79 Å². The molecule has 1 aromatic carbocycles. The Bertz CT molecular complexity index is 825. The van der Waals surface area contributed by atoms with Crippen molar-refractivity contribution in [3.8, 4) is 0 Å². The Labute approximate surface area is 160 Å². The van der Waals surface area contributed by atoms with Gasteiger partial charge in [-0.05, 0) is 61.9 Å². The van der Waals surface area contributed by atoms with Crippen LogP contribution in [0.3, 0.4) is 0 Å². The summed E-state index contributed by atoms with van der Waals surface area (Å²) in [4.78, 5) is 16.0. The van der Waals surface area contributed by atoms with Crippen LogP contribution in [0.4, 0.5) is 0 Å². The topological polar surface area (TPSA) is 61.0 Å². The summed E-state index contributed by atoms with van der Waals surface area (Å²) in [6.07, 6.45) is 8.68. The highest BCUT2D eigenvalue weighted by atomic mass is 16.2. The Balaban J connectivity index is 1.38. The van der Waals surface area contributed by atoms with Gasteiger partial charge in [0.1, 0.15) is 5.54 Å². The standard InChI is InChI=1S/C22H28N4O/c27-21(23-15-20-18-9-6-10-19(18)24-25-20)22(26-11-4-1-5-12-26)13-16-7-2-3-8-17(16)14-22/h2-3,7-8H,1,4-6,9-15H2,(H,23,27)(H,24,25). The number of piperidine rings is 1. The summed E-state index contributed by atoms with van der Waals surface area (Å²) in [7, 11) is 0. The molecule has 2 N–H and O–H groups in total. The van der Waals surface area contributed by atoms with E-state index >= 15 is 0 Å². The molecule has 1 aliphatic heterocycles. The van der Waals surface area contributed by atoms with Crippen LogP contribution in [-0.2, 0) is 37.0 Å². The largest absolute Gasteiger partial charge is 0.349 e. The number of aromatic amines is 1. The number of likely N-dealkylation sites (tertiary alicyclic amines) is 1. The Morgan fingerprint density at radius 1 is 1.07 bits per heavy atom. The van der Waals surface area contributed by atoms with E-state index in [1.54, 1.807) is 0 Å². The molecule has 1 amide bonds. The van der Waals surface area contributed by atoms with E-state index in [9.17, 15) is 4.79 Å². The van der Waals surface area contributed by atoms with E-state index in [2.05, 4.69) is 44.7 Å². The predicted molar refractivity (Wildman–Crippen MR) is 104 cm³/mol. The molecule has 0 atom stereocenters. The third-order valence-corrected chi connectivity index (χ3v) is 6.78. The van der Waals surface area contributed by atoms with E-state index in [1.165, 1.54) is 48.1 Å². The first-order valence-electron chi connectivity index (χ1n) is 10.4. The molecule has 1 saturated heterocycles. The molecule has 27 heavy (non-hydrogen) atoms. The van der Waals surface area contributed by atoms with Gasteiger partial charge >= 0.3 is 0 Å². The van der Waals surface area contributed by atoms with Crippen LogP contribution in [-0.4, -0.2) is 39.6 Å². The lowest BCUT2D eigenvalue weighted by Crippen LogP contribution is -2.60. The molecule has 2 aliphatic carbocycles. The van der Waals surface area contributed by atoms with E-state index in [-0.39, 0.29) is 5.91 Å². The molecule has 1 fully saturated rings. The number of benzene rings is 1. The molecule has 0 radical (unpaired) electrons. The van der Waals surface area contributed by atoms with Gasteiger partial charge in [-0.2, -0.15) is 5.10 Å². The summed E-state index contributed by atoms with van der Waals surface area (Å²) in [5.74, 6) is 0.176. The van der Waals surface area contributed by atoms with E-state index in [0.717, 1.165) is 44.5 Å². The van der Waals surface area contributed by atoms with E-state index < -0.39 is 5.54 Å². The van der Waals surface area contributed by atoms with Crippen LogP contribution in [0, 0.1) is 0 Å². The van der Waals surface area contributed by atoms with Crippen molar-refractivity contribution in [3.05, 3.63) is 52.3 Å². The third kappa shape index (κ3) is 2.89. The molecule has 0 bridgehead atoms. The second-order valence-electron chi connectivity index (χ2n) is 8.37. The predicted octanol–water partition coefficient (Wildman–Crippen LogP) is 2.54. The second-order valence-corrected chi connectivity index (χ2v) is 8.37. The maximum atomic E-state index is 13.5. The zero-order valence-corrected chi connectivity index (χ0v) is 15.9. The average Bonchev–Trinajstić information content (AvgIpc) is 3.41. The number of rotatable bonds is 4. The van der Waals surface area contributed by atoms with Crippen molar-refractivity contribution in [1.29, 1.82) is 0 Å². The monoisotopic (exact) mass is 364 g/mol. The number of H-pyrrole nitrogens is 1. The normalized spacial score (nSPS) is 21.0. The van der Waals surface area contributed by atoms with Gasteiger partial charge in [0.2, 0.25) is 5.91 Å². The summed E-state index contributed by atoms with van der Waals surface area (Å²) >= 11 is 0. The van der Waals surface area contributed by atoms with Gasteiger partial charge in [-0.1, -0.05) is 30.7 Å². The lowest BCUT2D eigenvalue weighted by Gasteiger charge is -2.42. The molecular weight excluding hydrogens is 336 g/mol. The first-order chi connectivity index (χ1) is 13.3. The lowest BCUT2D eigenvalue weighted by molar-refractivity contribution is -0.134. The zero-order chi connectivity index (χ0) is 18.3. The average molecular weight is 364 g/mol. The summed E-state index contributed by atoms with van der Waals surface area (Å²) in [5.41, 5.74) is 5.86. The molecular formula is C22H28N4O. The summed E-state index contributed by atoms with van der Waals surface area (Å²) in [6.45, 7) is 2.59. The van der Waals surface area contributed by atoms with Gasteiger partial charge in [-0.15, -0.1) is 0 Å². The van der Waals surface area contributed by atoms with Crippen molar-refractivity contribution in [2.75, 3.05) is 13.1 Å². The van der Waals surface area contributed by atoms with Crippen molar-refractivity contribution in [3.63, 3.8) is 0 Å². The molecule has 142 valence electrons. The SMILES string of the molecule is O=C(NCc1n[nH]c2c1CCC2)C1(N2CCCCC2)Cc2ccccc2C1. The Morgan fingerprint density at radius 3 is 2.56 bits per heavy atom. The molecule has 5 nitrogen and oxygen atoms in total.